The van der Waals surface area contributed by atoms with E-state index in [2.05, 4.69) is 11.1 Å². The number of rotatable bonds is 4. The zero-order valence-corrected chi connectivity index (χ0v) is 18.6. The molecule has 31 heavy (non-hydrogen) atoms. The molecule has 2 aromatic carbocycles. The van der Waals surface area contributed by atoms with Crippen LogP contribution in [0.2, 0.25) is 0 Å². The number of nitrogens with zero attached hydrogens (tertiary/aromatic N) is 3. The predicted molar refractivity (Wildman–Crippen MR) is 122 cm³/mol. The lowest BCUT2D eigenvalue weighted by Crippen LogP contribution is -2.38. The Morgan fingerprint density at radius 3 is 2.74 bits per heavy atom. The molecule has 0 saturated heterocycles. The first kappa shape index (κ1) is 21.2. The largest absolute Gasteiger partial charge is 0.312 e. The van der Waals surface area contributed by atoms with Crippen molar-refractivity contribution in [3.05, 3.63) is 64.8 Å². The van der Waals surface area contributed by atoms with Crippen LogP contribution in [0.1, 0.15) is 36.2 Å². The van der Waals surface area contributed by atoms with Crippen molar-refractivity contribution in [2.75, 3.05) is 23.4 Å². The Balaban J connectivity index is 1.58. The number of hydrogen-bond acceptors (Lipinski definition) is 4. The molecule has 0 fully saturated rings. The lowest BCUT2D eigenvalue weighted by molar-refractivity contribution is -0.121. The van der Waals surface area contributed by atoms with Crippen LogP contribution < -0.4 is 9.80 Å². The summed E-state index contributed by atoms with van der Waals surface area (Å²) in [6.45, 7) is 4.59. The van der Waals surface area contributed by atoms with E-state index in [0.29, 0.717) is 5.13 Å². The van der Waals surface area contributed by atoms with E-state index in [1.165, 1.54) is 34.4 Å². The summed E-state index contributed by atoms with van der Waals surface area (Å²) in [5.41, 5.74) is 4.11. The number of benzene rings is 2. The first-order chi connectivity index (χ1) is 14.8. The Morgan fingerprint density at radius 2 is 2.00 bits per heavy atom. The van der Waals surface area contributed by atoms with Gasteiger partial charge >= 0.3 is 0 Å². The minimum absolute atomic E-state index is 0.0436. The van der Waals surface area contributed by atoms with Crippen molar-refractivity contribution in [3.63, 3.8) is 0 Å². The third-order valence-corrected chi connectivity index (χ3v) is 6.33. The molecule has 0 atom stereocenters. The van der Waals surface area contributed by atoms with Crippen LogP contribution in [0.5, 0.6) is 0 Å². The molecular formula is C24H24FN3O2S. The zero-order chi connectivity index (χ0) is 22.1. The normalized spacial score (nSPS) is 13.3. The van der Waals surface area contributed by atoms with E-state index < -0.39 is 5.82 Å². The van der Waals surface area contributed by atoms with Crippen molar-refractivity contribution >= 4 is 34.0 Å². The maximum Gasteiger partial charge on any atom is 0.259 e. The van der Waals surface area contributed by atoms with Crippen LogP contribution in [0.15, 0.2) is 47.8 Å². The van der Waals surface area contributed by atoms with E-state index in [0.717, 1.165) is 41.9 Å². The molecule has 7 heteroatoms. The summed E-state index contributed by atoms with van der Waals surface area (Å²) in [7, 11) is 1.64. The maximum atomic E-state index is 13.5. The maximum absolute atomic E-state index is 13.5. The van der Waals surface area contributed by atoms with Crippen molar-refractivity contribution in [1.82, 2.24) is 4.98 Å². The summed E-state index contributed by atoms with van der Waals surface area (Å²) in [4.78, 5) is 33.2. The standard InChI is InChI=1S/C24H24FN3O2S/c1-15(2)22(29)28-11-5-7-17-12-16(9-10-21(17)28)20-14-31-24(26-20)27(3)23(30)18-6-4-8-19(25)13-18/h4,6,8-10,12-15H,5,7,11H2,1-3H3. The summed E-state index contributed by atoms with van der Waals surface area (Å²) in [6, 6.07) is 11.7. The zero-order valence-electron chi connectivity index (χ0n) is 17.8. The fraction of sp³-hybridized carbons (Fsp3) is 0.292. The van der Waals surface area contributed by atoms with E-state index in [1.54, 1.807) is 13.1 Å². The molecule has 0 radical (unpaired) electrons. The summed E-state index contributed by atoms with van der Waals surface area (Å²) in [6.07, 6.45) is 1.85. The number of hydrogen-bond donors (Lipinski definition) is 0. The van der Waals surface area contributed by atoms with Crippen LogP contribution in [-0.2, 0) is 11.2 Å². The van der Waals surface area contributed by atoms with Gasteiger partial charge in [0, 0.05) is 41.7 Å². The van der Waals surface area contributed by atoms with Gasteiger partial charge in [-0.15, -0.1) is 11.3 Å². The van der Waals surface area contributed by atoms with Crippen molar-refractivity contribution < 1.29 is 14.0 Å². The molecule has 0 saturated carbocycles. The molecule has 0 spiro atoms. The summed E-state index contributed by atoms with van der Waals surface area (Å²) >= 11 is 1.36. The van der Waals surface area contributed by atoms with Gasteiger partial charge in [-0.2, -0.15) is 0 Å². The number of carbonyl (C=O) groups is 2. The molecule has 2 heterocycles. The molecule has 2 amide bonds. The van der Waals surface area contributed by atoms with Gasteiger partial charge in [0.25, 0.3) is 5.91 Å². The number of fused-ring (bicyclic) bond motifs is 1. The third-order valence-electron chi connectivity index (χ3n) is 5.41. The van der Waals surface area contributed by atoms with Gasteiger partial charge in [-0.1, -0.05) is 26.0 Å². The Hall–Kier alpha value is -3.06. The fourth-order valence-electron chi connectivity index (χ4n) is 3.75. The highest BCUT2D eigenvalue weighted by molar-refractivity contribution is 7.14. The Labute approximate surface area is 185 Å². The molecule has 160 valence electrons. The summed E-state index contributed by atoms with van der Waals surface area (Å²) in [5, 5.41) is 2.45. The Morgan fingerprint density at radius 1 is 1.19 bits per heavy atom. The molecule has 5 nitrogen and oxygen atoms in total. The van der Waals surface area contributed by atoms with Crippen molar-refractivity contribution in [2.45, 2.75) is 26.7 Å². The molecule has 1 aromatic heterocycles. The molecule has 1 aliphatic heterocycles. The highest BCUT2D eigenvalue weighted by atomic mass is 32.1. The summed E-state index contributed by atoms with van der Waals surface area (Å²) < 4.78 is 13.5. The molecular weight excluding hydrogens is 413 g/mol. The second-order valence-corrected chi connectivity index (χ2v) is 8.82. The van der Waals surface area contributed by atoms with E-state index in [4.69, 9.17) is 0 Å². The molecule has 0 bridgehead atoms. The van der Waals surface area contributed by atoms with E-state index >= 15 is 0 Å². The van der Waals surface area contributed by atoms with Gasteiger partial charge in [0.1, 0.15) is 5.82 Å². The number of aromatic nitrogens is 1. The quantitative estimate of drug-likeness (QED) is 0.566. The Kier molecular flexibility index (Phi) is 5.87. The molecule has 0 N–H and O–H groups in total. The number of thiazole rings is 1. The van der Waals surface area contributed by atoms with Crippen LogP contribution in [0.3, 0.4) is 0 Å². The molecule has 3 aromatic rings. The van der Waals surface area contributed by atoms with E-state index in [9.17, 15) is 14.0 Å². The summed E-state index contributed by atoms with van der Waals surface area (Å²) in [5.74, 6) is -0.660. The predicted octanol–water partition coefficient (Wildman–Crippen LogP) is 5.16. The number of amides is 2. The molecule has 4 rings (SSSR count). The number of carbonyl (C=O) groups excluding carboxylic acids is 2. The SMILES string of the molecule is CC(C)C(=O)N1CCCc2cc(-c3csc(N(C)C(=O)c4cccc(F)c4)n3)ccc21. The molecule has 0 aliphatic carbocycles. The van der Waals surface area contributed by atoms with Gasteiger partial charge in [0.05, 0.1) is 5.69 Å². The average molecular weight is 438 g/mol. The number of halogens is 1. The minimum Gasteiger partial charge on any atom is -0.312 e. The van der Waals surface area contributed by atoms with Gasteiger partial charge < -0.3 is 4.90 Å². The van der Waals surface area contributed by atoms with Crippen molar-refractivity contribution in [3.8, 4) is 11.3 Å². The smallest absolute Gasteiger partial charge is 0.259 e. The van der Waals surface area contributed by atoms with Crippen LogP contribution in [0.4, 0.5) is 15.2 Å². The van der Waals surface area contributed by atoms with Gasteiger partial charge in [-0.05, 0) is 48.7 Å². The van der Waals surface area contributed by atoms with Gasteiger partial charge in [-0.25, -0.2) is 9.37 Å². The third kappa shape index (κ3) is 4.23. The van der Waals surface area contributed by atoms with E-state index in [-0.39, 0.29) is 23.3 Å². The van der Waals surface area contributed by atoms with Crippen LogP contribution in [0.25, 0.3) is 11.3 Å². The monoisotopic (exact) mass is 437 g/mol. The number of aryl methyl sites for hydroxylation is 1. The van der Waals surface area contributed by atoms with Crippen LogP contribution in [-0.4, -0.2) is 30.4 Å². The highest BCUT2D eigenvalue weighted by Gasteiger charge is 2.25. The average Bonchev–Trinajstić information content (AvgIpc) is 3.27. The van der Waals surface area contributed by atoms with Gasteiger partial charge in [0.15, 0.2) is 5.13 Å². The lowest BCUT2D eigenvalue weighted by Gasteiger charge is -2.31. The minimum atomic E-state index is -0.446. The van der Waals surface area contributed by atoms with Gasteiger partial charge in [-0.3, -0.25) is 14.5 Å². The van der Waals surface area contributed by atoms with Gasteiger partial charge in [0.2, 0.25) is 5.91 Å². The Bertz CT molecular complexity index is 1140. The highest BCUT2D eigenvalue weighted by Crippen LogP contribution is 2.34. The first-order valence-electron chi connectivity index (χ1n) is 10.3. The molecule has 0 unspecified atom stereocenters. The van der Waals surface area contributed by atoms with Crippen LogP contribution in [0, 0.1) is 11.7 Å². The lowest BCUT2D eigenvalue weighted by atomic mass is 9.97. The van der Waals surface area contributed by atoms with Crippen LogP contribution >= 0.6 is 11.3 Å². The fourth-order valence-corrected chi connectivity index (χ4v) is 4.55. The van der Waals surface area contributed by atoms with E-state index in [1.807, 2.05) is 36.3 Å². The number of anilines is 2. The second kappa shape index (κ2) is 8.59. The van der Waals surface area contributed by atoms with Crippen molar-refractivity contribution in [2.24, 2.45) is 5.92 Å². The molecule has 1 aliphatic rings. The van der Waals surface area contributed by atoms with Crippen molar-refractivity contribution in [1.29, 1.82) is 0 Å². The second-order valence-electron chi connectivity index (χ2n) is 7.98. The topological polar surface area (TPSA) is 53.5 Å². The first-order valence-corrected chi connectivity index (χ1v) is 11.2.